The Morgan fingerprint density at radius 2 is 1.60 bits per heavy atom. The van der Waals surface area contributed by atoms with Gasteiger partial charge in [0.2, 0.25) is 0 Å². The number of rotatable bonds is 5. The van der Waals surface area contributed by atoms with Gasteiger partial charge >= 0.3 is 0 Å². The van der Waals surface area contributed by atoms with Crippen molar-refractivity contribution in [3.8, 4) is 0 Å². The molecule has 2 aromatic rings. The molecule has 1 saturated heterocycles. The molecule has 7 heteroatoms. The maximum Gasteiger partial charge on any atom is 0.261 e. The number of anilines is 1. The number of unbranched alkanes of at least 4 members (excludes halogenated alkanes) is 1. The first-order chi connectivity index (χ1) is 14.5. The van der Waals surface area contributed by atoms with Crippen molar-refractivity contribution in [3.63, 3.8) is 0 Å². The second-order valence-electron chi connectivity index (χ2n) is 7.63. The van der Waals surface area contributed by atoms with E-state index in [1.54, 1.807) is 23.1 Å². The van der Waals surface area contributed by atoms with Crippen LogP contribution in [0.4, 0.5) is 5.69 Å². The molecule has 2 heterocycles. The van der Waals surface area contributed by atoms with Crippen LogP contribution in [0.2, 0.25) is 5.02 Å². The van der Waals surface area contributed by atoms with Crippen LogP contribution in [0.25, 0.3) is 0 Å². The third kappa shape index (κ3) is 3.79. The van der Waals surface area contributed by atoms with E-state index in [1.807, 2.05) is 31.2 Å². The van der Waals surface area contributed by atoms with E-state index in [0.717, 1.165) is 31.6 Å². The fraction of sp³-hybridized carbons (Fsp3) is 0.348. The number of fused-ring (bicyclic) bond motifs is 1. The summed E-state index contributed by atoms with van der Waals surface area (Å²) in [4.78, 5) is 43.4. The topological polar surface area (TPSA) is 60.9 Å². The van der Waals surface area contributed by atoms with Crippen LogP contribution in [0, 0.1) is 0 Å². The summed E-state index contributed by atoms with van der Waals surface area (Å²) in [6.45, 7) is 5.06. The summed E-state index contributed by atoms with van der Waals surface area (Å²) in [5.41, 5.74) is 2.26. The van der Waals surface area contributed by atoms with E-state index in [2.05, 4.69) is 4.90 Å². The summed E-state index contributed by atoms with van der Waals surface area (Å²) in [5.74, 6) is -0.675. The van der Waals surface area contributed by atoms with Gasteiger partial charge in [-0.2, -0.15) is 0 Å². The second kappa shape index (κ2) is 8.48. The van der Waals surface area contributed by atoms with E-state index in [0.29, 0.717) is 41.3 Å². The molecule has 0 atom stereocenters. The zero-order valence-electron chi connectivity index (χ0n) is 16.9. The number of piperazine rings is 1. The highest BCUT2D eigenvalue weighted by Crippen LogP contribution is 2.26. The molecule has 0 saturated carbocycles. The highest BCUT2D eigenvalue weighted by molar-refractivity contribution is 6.30. The van der Waals surface area contributed by atoms with Crippen LogP contribution in [-0.4, -0.2) is 60.2 Å². The van der Waals surface area contributed by atoms with Gasteiger partial charge in [0.25, 0.3) is 17.7 Å². The number of halogens is 1. The molecular formula is C23H24ClN3O3. The second-order valence-corrected chi connectivity index (χ2v) is 8.07. The zero-order valence-corrected chi connectivity index (χ0v) is 17.7. The van der Waals surface area contributed by atoms with E-state index in [4.69, 9.17) is 11.6 Å². The lowest BCUT2D eigenvalue weighted by Crippen LogP contribution is -2.48. The molecule has 0 bridgehead atoms. The lowest BCUT2D eigenvalue weighted by molar-refractivity contribution is 0.0651. The molecule has 0 unspecified atom stereocenters. The molecule has 156 valence electrons. The molecule has 2 aromatic carbocycles. The first-order valence-electron chi connectivity index (χ1n) is 10.3. The van der Waals surface area contributed by atoms with Crippen LogP contribution in [0.1, 0.15) is 50.8 Å². The molecule has 30 heavy (non-hydrogen) atoms. The molecule has 0 N–H and O–H groups in total. The molecule has 1 fully saturated rings. The van der Waals surface area contributed by atoms with E-state index in [1.165, 1.54) is 4.90 Å². The predicted octanol–water partition coefficient (Wildman–Crippen LogP) is 3.70. The van der Waals surface area contributed by atoms with Gasteiger partial charge in [-0.25, -0.2) is 0 Å². The van der Waals surface area contributed by atoms with Gasteiger partial charge in [0.15, 0.2) is 0 Å². The average molecular weight is 426 g/mol. The Kier molecular flexibility index (Phi) is 5.77. The van der Waals surface area contributed by atoms with Crippen molar-refractivity contribution < 1.29 is 14.4 Å². The quantitative estimate of drug-likeness (QED) is 0.685. The van der Waals surface area contributed by atoms with Crippen LogP contribution >= 0.6 is 11.6 Å². The number of benzene rings is 2. The van der Waals surface area contributed by atoms with Crippen LogP contribution in [0.15, 0.2) is 42.5 Å². The Morgan fingerprint density at radius 3 is 2.27 bits per heavy atom. The minimum absolute atomic E-state index is 0.110. The van der Waals surface area contributed by atoms with Gasteiger partial charge in [0, 0.05) is 49.0 Å². The molecule has 4 rings (SSSR count). The SMILES string of the molecule is CCCCN1C(=O)c2ccc(C(=O)N3CCN(c4ccc(Cl)cc4)CC3)cc2C1=O. The summed E-state index contributed by atoms with van der Waals surface area (Å²) in [6, 6.07) is 12.5. The Bertz CT molecular complexity index is 982. The van der Waals surface area contributed by atoms with Gasteiger partial charge in [-0.15, -0.1) is 0 Å². The lowest BCUT2D eigenvalue weighted by atomic mass is 10.0. The van der Waals surface area contributed by atoms with Crippen molar-refractivity contribution in [2.75, 3.05) is 37.6 Å². The number of hydrogen-bond donors (Lipinski definition) is 0. The van der Waals surface area contributed by atoms with Gasteiger partial charge < -0.3 is 9.80 Å². The normalized spacial score (nSPS) is 16.3. The van der Waals surface area contributed by atoms with E-state index in [9.17, 15) is 14.4 Å². The highest BCUT2D eigenvalue weighted by atomic mass is 35.5. The van der Waals surface area contributed by atoms with Crippen molar-refractivity contribution >= 4 is 35.0 Å². The Balaban J connectivity index is 1.44. The molecule has 0 aromatic heterocycles. The standard InChI is InChI=1S/C23H24ClN3O3/c1-2-3-10-27-22(29)19-9-4-16(15-20(19)23(27)30)21(28)26-13-11-25(12-14-26)18-7-5-17(24)6-8-18/h4-9,15H,2-3,10-14H2,1H3. The van der Waals surface area contributed by atoms with Crippen molar-refractivity contribution in [3.05, 3.63) is 64.2 Å². The number of nitrogens with zero attached hydrogens (tertiary/aromatic N) is 3. The van der Waals surface area contributed by atoms with Crippen LogP contribution in [-0.2, 0) is 0 Å². The summed E-state index contributed by atoms with van der Waals surface area (Å²) in [5, 5.41) is 0.700. The summed E-state index contributed by atoms with van der Waals surface area (Å²) < 4.78 is 0. The van der Waals surface area contributed by atoms with Gasteiger partial charge in [0.05, 0.1) is 11.1 Å². The predicted molar refractivity (Wildman–Crippen MR) is 116 cm³/mol. The fourth-order valence-electron chi connectivity index (χ4n) is 3.95. The summed E-state index contributed by atoms with van der Waals surface area (Å²) in [7, 11) is 0. The first kappa shape index (κ1) is 20.4. The van der Waals surface area contributed by atoms with Gasteiger partial charge in [-0.3, -0.25) is 19.3 Å². The number of carbonyl (C=O) groups excluding carboxylic acids is 3. The van der Waals surface area contributed by atoms with Crippen molar-refractivity contribution in [1.29, 1.82) is 0 Å². The van der Waals surface area contributed by atoms with Crippen molar-refractivity contribution in [2.24, 2.45) is 0 Å². The molecule has 3 amide bonds. The summed E-state index contributed by atoms with van der Waals surface area (Å²) >= 11 is 5.96. The highest BCUT2D eigenvalue weighted by Gasteiger charge is 2.36. The smallest absolute Gasteiger partial charge is 0.261 e. The molecule has 0 aliphatic carbocycles. The number of imide groups is 1. The van der Waals surface area contributed by atoms with E-state index >= 15 is 0 Å². The monoisotopic (exact) mass is 425 g/mol. The van der Waals surface area contributed by atoms with Crippen LogP contribution in [0.5, 0.6) is 0 Å². The number of amides is 3. The van der Waals surface area contributed by atoms with Crippen LogP contribution < -0.4 is 4.90 Å². The van der Waals surface area contributed by atoms with Crippen molar-refractivity contribution in [1.82, 2.24) is 9.80 Å². The third-order valence-electron chi connectivity index (χ3n) is 5.71. The third-order valence-corrected chi connectivity index (χ3v) is 5.96. The Labute approximate surface area is 181 Å². The van der Waals surface area contributed by atoms with E-state index < -0.39 is 0 Å². The van der Waals surface area contributed by atoms with Crippen molar-refractivity contribution in [2.45, 2.75) is 19.8 Å². The van der Waals surface area contributed by atoms with Crippen LogP contribution in [0.3, 0.4) is 0 Å². The van der Waals surface area contributed by atoms with Gasteiger partial charge in [0.1, 0.15) is 0 Å². The Hall–Kier alpha value is -2.86. The van der Waals surface area contributed by atoms with Gasteiger partial charge in [-0.05, 0) is 48.9 Å². The molecule has 2 aliphatic heterocycles. The maximum absolute atomic E-state index is 13.0. The van der Waals surface area contributed by atoms with Gasteiger partial charge in [-0.1, -0.05) is 24.9 Å². The lowest BCUT2D eigenvalue weighted by Gasteiger charge is -2.36. The molecule has 0 radical (unpaired) electrons. The molecule has 6 nitrogen and oxygen atoms in total. The number of hydrogen-bond acceptors (Lipinski definition) is 4. The first-order valence-corrected chi connectivity index (χ1v) is 10.7. The fourth-order valence-corrected chi connectivity index (χ4v) is 4.07. The molecular weight excluding hydrogens is 402 g/mol. The average Bonchev–Trinajstić information content (AvgIpc) is 3.01. The molecule has 2 aliphatic rings. The molecule has 0 spiro atoms. The minimum Gasteiger partial charge on any atom is -0.368 e. The zero-order chi connectivity index (χ0) is 21.3. The Morgan fingerprint density at radius 1 is 0.933 bits per heavy atom. The van der Waals surface area contributed by atoms with E-state index in [-0.39, 0.29) is 17.7 Å². The minimum atomic E-state index is -0.300. The largest absolute Gasteiger partial charge is 0.368 e. The summed E-state index contributed by atoms with van der Waals surface area (Å²) in [6.07, 6.45) is 1.67. The number of carbonyl (C=O) groups is 3. The maximum atomic E-state index is 13.0.